The summed E-state index contributed by atoms with van der Waals surface area (Å²) in [4.78, 5) is 27.8. The summed E-state index contributed by atoms with van der Waals surface area (Å²) in [5.41, 5.74) is 8.65. The first-order valence-corrected chi connectivity index (χ1v) is 10.1. The van der Waals surface area contributed by atoms with Gasteiger partial charge in [0.2, 0.25) is 5.91 Å². The maximum absolute atomic E-state index is 13.0. The molecule has 0 aliphatic rings. The molecule has 0 saturated heterocycles. The van der Waals surface area contributed by atoms with Crippen molar-refractivity contribution in [2.75, 3.05) is 0 Å². The number of aryl methyl sites for hydroxylation is 1. The fraction of sp³-hybridized carbons (Fsp3) is 0.120. The second kappa shape index (κ2) is 9.34. The molecule has 0 fully saturated rings. The summed E-state index contributed by atoms with van der Waals surface area (Å²) < 4.78 is 18.9. The first-order valence-electron chi connectivity index (χ1n) is 10.1. The number of H-pyrrole nitrogens is 1. The summed E-state index contributed by atoms with van der Waals surface area (Å²) in [7, 11) is 0. The molecule has 3 aromatic carbocycles. The third-order valence-corrected chi connectivity index (χ3v) is 5.10. The molecule has 1 heterocycles. The number of halogens is 1. The molecular weight excluding hydrogens is 409 g/mol. The number of carbonyl (C=O) groups is 2. The first kappa shape index (κ1) is 21.1. The highest BCUT2D eigenvalue weighted by atomic mass is 19.1. The van der Waals surface area contributed by atoms with Crippen molar-refractivity contribution in [2.24, 2.45) is 0 Å². The maximum atomic E-state index is 13.0. The van der Waals surface area contributed by atoms with Crippen LogP contribution in [0.3, 0.4) is 0 Å². The van der Waals surface area contributed by atoms with E-state index in [1.807, 2.05) is 55.5 Å². The van der Waals surface area contributed by atoms with E-state index in [-0.39, 0.29) is 17.9 Å². The Balaban J connectivity index is 1.42. The number of aromatic nitrogens is 1. The van der Waals surface area contributed by atoms with Crippen molar-refractivity contribution in [1.29, 1.82) is 0 Å². The lowest BCUT2D eigenvalue weighted by molar-refractivity contribution is -0.121. The molecule has 0 saturated carbocycles. The van der Waals surface area contributed by atoms with Crippen molar-refractivity contribution in [1.82, 2.24) is 15.8 Å². The minimum atomic E-state index is -0.523. The molecule has 6 nitrogen and oxygen atoms in total. The van der Waals surface area contributed by atoms with E-state index in [0.29, 0.717) is 12.4 Å². The summed E-state index contributed by atoms with van der Waals surface area (Å²) >= 11 is 0. The van der Waals surface area contributed by atoms with Crippen LogP contribution in [-0.2, 0) is 17.8 Å². The highest BCUT2D eigenvalue weighted by molar-refractivity contribution is 5.96. The predicted molar refractivity (Wildman–Crippen MR) is 120 cm³/mol. The highest BCUT2D eigenvalue weighted by Crippen LogP contribution is 2.27. The van der Waals surface area contributed by atoms with E-state index in [0.717, 1.165) is 27.7 Å². The van der Waals surface area contributed by atoms with Crippen LogP contribution >= 0.6 is 0 Å². The Hall–Kier alpha value is -4.13. The van der Waals surface area contributed by atoms with Crippen LogP contribution in [-0.4, -0.2) is 16.8 Å². The zero-order valence-corrected chi connectivity index (χ0v) is 17.4. The smallest absolute Gasteiger partial charge is 0.269 e. The molecule has 0 aliphatic carbocycles. The number of amides is 2. The van der Waals surface area contributed by atoms with E-state index in [4.69, 9.17) is 4.74 Å². The molecule has 0 aliphatic heterocycles. The van der Waals surface area contributed by atoms with Gasteiger partial charge in [-0.05, 0) is 60.5 Å². The number of hydrogen-bond acceptors (Lipinski definition) is 3. The van der Waals surface area contributed by atoms with Gasteiger partial charge in [-0.15, -0.1) is 0 Å². The van der Waals surface area contributed by atoms with Crippen molar-refractivity contribution >= 4 is 22.7 Å². The molecule has 3 N–H and O–H groups in total. The molecule has 32 heavy (non-hydrogen) atoms. The molecule has 0 unspecified atom stereocenters. The zero-order valence-electron chi connectivity index (χ0n) is 17.4. The summed E-state index contributed by atoms with van der Waals surface area (Å²) in [5, 5.41) is 0.882. The van der Waals surface area contributed by atoms with Crippen LogP contribution in [0.15, 0.2) is 72.8 Å². The van der Waals surface area contributed by atoms with Crippen molar-refractivity contribution < 1.29 is 18.7 Å². The summed E-state index contributed by atoms with van der Waals surface area (Å²) in [6.45, 7) is 2.34. The summed E-state index contributed by atoms with van der Waals surface area (Å²) in [5.74, 6) is -0.634. The molecule has 2 amide bonds. The average molecular weight is 431 g/mol. The topological polar surface area (TPSA) is 83.2 Å². The molecule has 1 aromatic heterocycles. The molecular formula is C25H22FN3O3. The molecule has 4 aromatic rings. The van der Waals surface area contributed by atoms with Crippen molar-refractivity contribution in [3.63, 3.8) is 0 Å². The summed E-state index contributed by atoms with van der Waals surface area (Å²) in [6.07, 6.45) is 0.0671. The second-order valence-corrected chi connectivity index (χ2v) is 7.40. The first-order chi connectivity index (χ1) is 15.5. The van der Waals surface area contributed by atoms with Crippen molar-refractivity contribution in [3.05, 3.63) is 101 Å². The molecule has 162 valence electrons. The average Bonchev–Trinajstić information content (AvgIpc) is 3.11. The van der Waals surface area contributed by atoms with Gasteiger partial charge in [-0.1, -0.05) is 30.3 Å². The van der Waals surface area contributed by atoms with Crippen molar-refractivity contribution in [3.8, 4) is 5.75 Å². The van der Waals surface area contributed by atoms with Crippen molar-refractivity contribution in [2.45, 2.75) is 20.0 Å². The van der Waals surface area contributed by atoms with Crippen LogP contribution < -0.4 is 15.6 Å². The SMILES string of the molecule is Cc1[nH]c2ccc(OCc3ccccc3)cc2c1CC(=O)NNC(=O)c1ccc(F)cc1. The Bertz CT molecular complexity index is 1250. The predicted octanol–water partition coefficient (Wildman–Crippen LogP) is 4.20. The number of nitrogens with one attached hydrogen (secondary N) is 3. The highest BCUT2D eigenvalue weighted by Gasteiger charge is 2.14. The lowest BCUT2D eigenvalue weighted by Gasteiger charge is -2.09. The second-order valence-electron chi connectivity index (χ2n) is 7.40. The van der Waals surface area contributed by atoms with E-state index in [1.54, 1.807) is 0 Å². The van der Waals surface area contributed by atoms with E-state index < -0.39 is 11.7 Å². The fourth-order valence-electron chi connectivity index (χ4n) is 3.42. The minimum Gasteiger partial charge on any atom is -0.489 e. The largest absolute Gasteiger partial charge is 0.489 e. The van der Waals surface area contributed by atoms with Gasteiger partial charge in [0.05, 0.1) is 6.42 Å². The molecule has 0 atom stereocenters. The third kappa shape index (κ3) is 4.95. The quantitative estimate of drug-likeness (QED) is 0.400. The standard InChI is InChI=1S/C25H22FN3O3/c1-16-21(14-24(30)28-29-25(31)18-7-9-19(26)10-8-18)22-13-20(11-12-23(22)27-16)32-15-17-5-3-2-4-6-17/h2-13,27H,14-15H2,1H3,(H,28,30)(H,29,31). The molecule has 0 radical (unpaired) electrons. The van der Waals surface area contributed by atoms with E-state index in [9.17, 15) is 14.0 Å². The van der Waals surface area contributed by atoms with Gasteiger partial charge in [-0.25, -0.2) is 4.39 Å². The number of fused-ring (bicyclic) bond motifs is 1. The van der Waals surface area contributed by atoms with Crippen LogP contribution in [0.25, 0.3) is 10.9 Å². The Morgan fingerprint density at radius 2 is 1.72 bits per heavy atom. The number of hydrazine groups is 1. The van der Waals surface area contributed by atoms with E-state index in [2.05, 4.69) is 15.8 Å². The number of rotatable bonds is 6. The fourth-order valence-corrected chi connectivity index (χ4v) is 3.42. The van der Waals surface area contributed by atoms with Gasteiger partial charge in [0.1, 0.15) is 18.2 Å². The number of aromatic amines is 1. The van der Waals surface area contributed by atoms with Gasteiger partial charge in [0.15, 0.2) is 0 Å². The number of benzene rings is 3. The monoisotopic (exact) mass is 431 g/mol. The number of hydrogen-bond donors (Lipinski definition) is 3. The normalized spacial score (nSPS) is 10.7. The van der Waals surface area contributed by atoms with Crippen LogP contribution in [0.1, 0.15) is 27.2 Å². The summed E-state index contributed by atoms with van der Waals surface area (Å²) in [6, 6.07) is 20.6. The Kier molecular flexibility index (Phi) is 6.17. The lowest BCUT2D eigenvalue weighted by Crippen LogP contribution is -2.42. The van der Waals surface area contributed by atoms with Crippen LogP contribution in [0.5, 0.6) is 5.75 Å². The molecule has 4 rings (SSSR count). The Labute approximate surface area is 184 Å². The zero-order chi connectivity index (χ0) is 22.5. The molecule has 7 heteroatoms. The third-order valence-electron chi connectivity index (χ3n) is 5.10. The van der Waals surface area contributed by atoms with Crippen LogP contribution in [0.4, 0.5) is 4.39 Å². The molecule has 0 spiro atoms. The van der Waals surface area contributed by atoms with E-state index in [1.165, 1.54) is 24.3 Å². The van der Waals surface area contributed by atoms with Gasteiger partial charge in [-0.2, -0.15) is 0 Å². The lowest BCUT2D eigenvalue weighted by atomic mass is 10.1. The Morgan fingerprint density at radius 1 is 0.969 bits per heavy atom. The maximum Gasteiger partial charge on any atom is 0.269 e. The number of ether oxygens (including phenoxy) is 1. The Morgan fingerprint density at radius 3 is 2.47 bits per heavy atom. The van der Waals surface area contributed by atoms with E-state index >= 15 is 0 Å². The van der Waals surface area contributed by atoms with Gasteiger partial charge in [0, 0.05) is 22.2 Å². The number of carbonyl (C=O) groups excluding carboxylic acids is 2. The van der Waals surface area contributed by atoms with Gasteiger partial charge in [0.25, 0.3) is 5.91 Å². The van der Waals surface area contributed by atoms with Crippen LogP contribution in [0.2, 0.25) is 0 Å². The van der Waals surface area contributed by atoms with Gasteiger partial charge < -0.3 is 9.72 Å². The van der Waals surface area contributed by atoms with Gasteiger partial charge in [-0.3, -0.25) is 20.4 Å². The molecule has 0 bridgehead atoms. The minimum absolute atomic E-state index is 0.0671. The van der Waals surface area contributed by atoms with Crippen LogP contribution in [0, 0.1) is 12.7 Å². The van der Waals surface area contributed by atoms with Gasteiger partial charge >= 0.3 is 0 Å².